The first-order valence-electron chi connectivity index (χ1n) is 10.8. The molecule has 154 valence electrons. The molecule has 0 aromatic heterocycles. The minimum atomic E-state index is -0.281. The van der Waals surface area contributed by atoms with Crippen LogP contribution in [-0.2, 0) is 16.0 Å². The maximum atomic E-state index is 13.9. The number of carbonyl (C=O) groups excluding carboxylic acids is 2. The van der Waals surface area contributed by atoms with Crippen LogP contribution in [0.2, 0.25) is 0 Å². The van der Waals surface area contributed by atoms with E-state index in [2.05, 4.69) is 6.07 Å². The van der Waals surface area contributed by atoms with Crippen molar-refractivity contribution in [2.75, 3.05) is 16.3 Å². The smallest absolute Gasteiger partial charge is 0.282 e. The van der Waals surface area contributed by atoms with E-state index in [0.717, 1.165) is 28.4 Å². The number of fused-ring (bicyclic) bond motifs is 2. The molecule has 32 heavy (non-hydrogen) atoms. The Morgan fingerprint density at radius 2 is 1.31 bits per heavy atom. The normalized spacial score (nSPS) is 15.8. The lowest BCUT2D eigenvalue weighted by atomic mass is 10.0. The molecule has 2 aliphatic heterocycles. The zero-order valence-corrected chi connectivity index (χ0v) is 17.4. The van der Waals surface area contributed by atoms with Crippen molar-refractivity contribution in [2.24, 2.45) is 0 Å². The predicted molar refractivity (Wildman–Crippen MR) is 127 cm³/mol. The fraction of sp³-hybridized carbons (Fsp3) is 0.0714. The van der Waals surface area contributed by atoms with Crippen molar-refractivity contribution in [1.29, 1.82) is 0 Å². The van der Waals surface area contributed by atoms with Gasteiger partial charge in [-0.05, 0) is 35.1 Å². The second-order valence-electron chi connectivity index (χ2n) is 8.06. The van der Waals surface area contributed by atoms with Gasteiger partial charge in [-0.25, -0.2) is 4.90 Å². The second kappa shape index (κ2) is 7.20. The average Bonchev–Trinajstić information content (AvgIpc) is 3.37. The zero-order valence-electron chi connectivity index (χ0n) is 17.4. The van der Waals surface area contributed by atoms with E-state index < -0.39 is 0 Å². The van der Waals surface area contributed by atoms with Crippen LogP contribution in [0, 0.1) is 0 Å². The van der Waals surface area contributed by atoms with Crippen molar-refractivity contribution in [1.82, 2.24) is 0 Å². The van der Waals surface area contributed by atoms with Crippen LogP contribution in [0.3, 0.4) is 0 Å². The Morgan fingerprint density at radius 3 is 2.19 bits per heavy atom. The van der Waals surface area contributed by atoms with Crippen LogP contribution in [0.15, 0.2) is 103 Å². The summed E-state index contributed by atoms with van der Waals surface area (Å²) in [5.41, 5.74) is 4.48. The summed E-state index contributed by atoms with van der Waals surface area (Å²) in [5, 5.41) is 1.87. The van der Waals surface area contributed by atoms with Crippen molar-refractivity contribution in [3.8, 4) is 0 Å². The van der Waals surface area contributed by atoms with Gasteiger partial charge in [-0.1, -0.05) is 84.9 Å². The van der Waals surface area contributed by atoms with Crippen molar-refractivity contribution in [3.05, 3.63) is 114 Å². The topological polar surface area (TPSA) is 40.6 Å². The fourth-order valence-corrected chi connectivity index (χ4v) is 4.83. The summed E-state index contributed by atoms with van der Waals surface area (Å²) < 4.78 is 0. The van der Waals surface area contributed by atoms with E-state index in [-0.39, 0.29) is 11.8 Å². The van der Waals surface area contributed by atoms with E-state index in [0.29, 0.717) is 23.5 Å². The lowest BCUT2D eigenvalue weighted by Gasteiger charge is -2.22. The Labute approximate surface area is 186 Å². The number of imide groups is 1. The number of nitrogens with zero attached hydrogens (tertiary/aromatic N) is 2. The highest BCUT2D eigenvalue weighted by Crippen LogP contribution is 2.41. The maximum Gasteiger partial charge on any atom is 0.282 e. The Bertz CT molecular complexity index is 1420. The Kier molecular flexibility index (Phi) is 4.18. The largest absolute Gasteiger partial charge is 0.336 e. The molecular weight excluding hydrogens is 396 g/mol. The number of benzene rings is 4. The number of hydrogen-bond donors (Lipinski definition) is 0. The van der Waals surface area contributed by atoms with Crippen LogP contribution in [0.1, 0.15) is 11.1 Å². The van der Waals surface area contributed by atoms with Gasteiger partial charge in [0.1, 0.15) is 5.70 Å². The van der Waals surface area contributed by atoms with E-state index in [4.69, 9.17) is 0 Å². The molecule has 6 rings (SSSR count). The molecule has 0 spiro atoms. The van der Waals surface area contributed by atoms with Gasteiger partial charge in [0.2, 0.25) is 0 Å². The van der Waals surface area contributed by atoms with Crippen molar-refractivity contribution in [2.45, 2.75) is 6.42 Å². The van der Waals surface area contributed by atoms with Gasteiger partial charge >= 0.3 is 0 Å². The summed E-state index contributed by atoms with van der Waals surface area (Å²) in [6.45, 7) is 0.674. The summed E-state index contributed by atoms with van der Waals surface area (Å²) in [4.78, 5) is 31.2. The first-order valence-corrected chi connectivity index (χ1v) is 10.8. The number of para-hydroxylation sites is 1. The van der Waals surface area contributed by atoms with Gasteiger partial charge in [-0.2, -0.15) is 0 Å². The molecule has 2 aliphatic rings. The first kappa shape index (κ1) is 18.6. The molecule has 0 unspecified atom stereocenters. The van der Waals surface area contributed by atoms with Crippen LogP contribution in [0.4, 0.5) is 11.4 Å². The number of carbonyl (C=O) groups is 2. The lowest BCUT2D eigenvalue weighted by Crippen LogP contribution is -2.35. The summed E-state index contributed by atoms with van der Waals surface area (Å²) in [6, 6.07) is 31.2. The molecule has 0 bridgehead atoms. The van der Waals surface area contributed by atoms with E-state index in [1.165, 1.54) is 10.5 Å². The fourth-order valence-electron chi connectivity index (χ4n) is 4.83. The summed E-state index contributed by atoms with van der Waals surface area (Å²) in [7, 11) is 0. The predicted octanol–water partition coefficient (Wildman–Crippen LogP) is 5.19. The van der Waals surface area contributed by atoms with Gasteiger partial charge in [0.15, 0.2) is 0 Å². The van der Waals surface area contributed by atoms with Crippen LogP contribution < -0.4 is 9.80 Å². The molecule has 0 radical (unpaired) electrons. The Morgan fingerprint density at radius 1 is 0.625 bits per heavy atom. The van der Waals surface area contributed by atoms with Gasteiger partial charge in [0, 0.05) is 17.6 Å². The number of hydrogen-bond acceptors (Lipinski definition) is 3. The third-order valence-corrected chi connectivity index (χ3v) is 6.29. The zero-order chi connectivity index (χ0) is 21.7. The monoisotopic (exact) mass is 416 g/mol. The molecule has 0 aliphatic carbocycles. The number of amides is 2. The highest BCUT2D eigenvalue weighted by Gasteiger charge is 2.44. The highest BCUT2D eigenvalue weighted by molar-refractivity contribution is 6.47. The summed E-state index contributed by atoms with van der Waals surface area (Å²) in [6.07, 6.45) is 0.845. The first-order chi connectivity index (χ1) is 15.7. The summed E-state index contributed by atoms with van der Waals surface area (Å²) >= 11 is 0. The maximum absolute atomic E-state index is 13.9. The molecule has 0 atom stereocenters. The number of anilines is 2. The van der Waals surface area contributed by atoms with E-state index in [9.17, 15) is 9.59 Å². The van der Waals surface area contributed by atoms with Gasteiger partial charge in [-0.3, -0.25) is 9.59 Å². The lowest BCUT2D eigenvalue weighted by molar-refractivity contribution is -0.120. The van der Waals surface area contributed by atoms with Gasteiger partial charge in [-0.15, -0.1) is 0 Å². The van der Waals surface area contributed by atoms with Crippen LogP contribution in [0.5, 0.6) is 0 Å². The van der Waals surface area contributed by atoms with E-state index in [1.807, 2.05) is 95.9 Å². The Hall–Kier alpha value is -4.18. The van der Waals surface area contributed by atoms with E-state index >= 15 is 0 Å². The molecule has 2 amide bonds. The second-order valence-corrected chi connectivity index (χ2v) is 8.06. The minimum Gasteiger partial charge on any atom is -0.336 e. The van der Waals surface area contributed by atoms with Gasteiger partial charge in [0.05, 0.1) is 11.3 Å². The third kappa shape index (κ3) is 2.70. The number of rotatable bonds is 3. The van der Waals surface area contributed by atoms with Crippen molar-refractivity contribution in [3.63, 3.8) is 0 Å². The van der Waals surface area contributed by atoms with Crippen LogP contribution >= 0.6 is 0 Å². The molecular formula is C28H20N2O2. The molecule has 0 fully saturated rings. The molecule has 0 saturated heterocycles. The van der Waals surface area contributed by atoms with Crippen LogP contribution in [-0.4, -0.2) is 18.4 Å². The third-order valence-electron chi connectivity index (χ3n) is 6.29. The molecule has 4 aromatic rings. The molecule has 0 N–H and O–H groups in total. The molecule has 2 heterocycles. The van der Waals surface area contributed by atoms with Crippen LogP contribution in [0.25, 0.3) is 16.3 Å². The van der Waals surface area contributed by atoms with Crippen molar-refractivity contribution >= 4 is 39.5 Å². The van der Waals surface area contributed by atoms with Gasteiger partial charge < -0.3 is 4.90 Å². The quantitative estimate of drug-likeness (QED) is 0.432. The SMILES string of the molecule is O=C1C(c2ccccc2)=C(N2CCc3ccccc32)C(=O)N1c1cccc2ccccc12. The molecule has 4 aromatic carbocycles. The Balaban J connectivity index is 1.56. The summed E-state index contributed by atoms with van der Waals surface area (Å²) in [5.74, 6) is -0.557. The van der Waals surface area contributed by atoms with Gasteiger partial charge in [0.25, 0.3) is 11.8 Å². The highest BCUT2D eigenvalue weighted by atomic mass is 16.2. The molecule has 0 saturated carbocycles. The van der Waals surface area contributed by atoms with E-state index in [1.54, 1.807) is 0 Å². The van der Waals surface area contributed by atoms with Crippen molar-refractivity contribution < 1.29 is 9.59 Å². The standard InChI is InChI=1S/C28H20N2O2/c31-27-25(21-11-2-1-3-12-21)26(29-18-17-20-10-5-7-15-23(20)29)28(32)30(27)24-16-8-13-19-9-4-6-14-22(19)24/h1-16H,17-18H2. The molecule has 4 heteroatoms. The molecule has 4 nitrogen and oxygen atoms in total. The average molecular weight is 416 g/mol. The minimum absolute atomic E-state index is 0.276.